The van der Waals surface area contributed by atoms with Gasteiger partial charge < -0.3 is 10.8 Å². The monoisotopic (exact) mass is 285 g/mol. The van der Waals surface area contributed by atoms with Crippen molar-refractivity contribution in [3.8, 4) is 0 Å². The molecule has 0 amide bonds. The van der Waals surface area contributed by atoms with Gasteiger partial charge in [0.25, 0.3) is 0 Å². The largest absolute Gasteiger partial charge is 0.392 e. The van der Waals surface area contributed by atoms with Crippen molar-refractivity contribution >= 4 is 0 Å². The van der Waals surface area contributed by atoms with Gasteiger partial charge in [0.05, 0.1) is 6.10 Å². The minimum Gasteiger partial charge on any atom is -0.392 e. The average Bonchev–Trinajstić information content (AvgIpc) is 3.31. The Morgan fingerprint density at radius 1 is 1.10 bits per heavy atom. The lowest BCUT2D eigenvalue weighted by Gasteiger charge is -2.22. The van der Waals surface area contributed by atoms with Crippen molar-refractivity contribution in [3.05, 3.63) is 71.5 Å². The number of halogens is 1. The van der Waals surface area contributed by atoms with E-state index in [1.165, 1.54) is 11.6 Å². The number of aliphatic hydroxyl groups excluding tert-OH is 1. The van der Waals surface area contributed by atoms with Gasteiger partial charge in [-0.3, -0.25) is 0 Å². The maximum Gasteiger partial charge on any atom is 0.126 e. The van der Waals surface area contributed by atoms with E-state index in [0.29, 0.717) is 11.5 Å². The van der Waals surface area contributed by atoms with Gasteiger partial charge in [-0.05, 0) is 35.4 Å². The maximum absolute atomic E-state index is 13.9. The highest BCUT2D eigenvalue weighted by atomic mass is 19.1. The highest BCUT2D eigenvalue weighted by molar-refractivity contribution is 5.29. The van der Waals surface area contributed by atoms with Gasteiger partial charge in [-0.25, -0.2) is 4.39 Å². The normalized spacial score (nSPS) is 23.6. The Hall–Kier alpha value is -1.71. The molecule has 110 valence electrons. The van der Waals surface area contributed by atoms with E-state index >= 15 is 0 Å². The molecule has 1 aliphatic carbocycles. The molecule has 21 heavy (non-hydrogen) atoms. The number of aliphatic hydroxyl groups is 1. The van der Waals surface area contributed by atoms with E-state index in [1.807, 2.05) is 18.2 Å². The Morgan fingerprint density at radius 2 is 1.76 bits per heavy atom. The van der Waals surface area contributed by atoms with Gasteiger partial charge in [0.15, 0.2) is 0 Å². The minimum absolute atomic E-state index is 0.167. The van der Waals surface area contributed by atoms with Crippen LogP contribution in [0.3, 0.4) is 0 Å². The van der Waals surface area contributed by atoms with Crippen LogP contribution >= 0.6 is 0 Å². The molecular weight excluding hydrogens is 265 g/mol. The van der Waals surface area contributed by atoms with E-state index in [0.717, 1.165) is 6.42 Å². The lowest BCUT2D eigenvalue weighted by Crippen LogP contribution is -2.28. The second-order valence-corrected chi connectivity index (χ2v) is 5.77. The molecule has 1 saturated carbocycles. The molecule has 4 atom stereocenters. The molecule has 0 bridgehead atoms. The topological polar surface area (TPSA) is 46.2 Å². The predicted molar refractivity (Wildman–Crippen MR) is 81.5 cm³/mol. The van der Waals surface area contributed by atoms with Crippen LogP contribution in [0.1, 0.15) is 29.4 Å². The maximum atomic E-state index is 13.9. The summed E-state index contributed by atoms with van der Waals surface area (Å²) in [5.41, 5.74) is 7.56. The van der Waals surface area contributed by atoms with Crippen molar-refractivity contribution in [2.45, 2.75) is 24.4 Å². The zero-order valence-corrected chi connectivity index (χ0v) is 11.8. The number of hydrogen-bond donors (Lipinski definition) is 2. The quantitative estimate of drug-likeness (QED) is 0.887. The van der Waals surface area contributed by atoms with Gasteiger partial charge in [0.2, 0.25) is 0 Å². The van der Waals surface area contributed by atoms with E-state index < -0.39 is 6.10 Å². The van der Waals surface area contributed by atoms with E-state index in [1.54, 1.807) is 18.2 Å². The van der Waals surface area contributed by atoms with Gasteiger partial charge in [0.1, 0.15) is 5.82 Å². The molecule has 0 spiro atoms. The van der Waals surface area contributed by atoms with Crippen molar-refractivity contribution in [2.75, 3.05) is 6.54 Å². The fourth-order valence-corrected chi connectivity index (χ4v) is 3.20. The first-order chi connectivity index (χ1) is 10.2. The van der Waals surface area contributed by atoms with Gasteiger partial charge in [-0.2, -0.15) is 0 Å². The fraction of sp³-hybridized carbons (Fsp3) is 0.333. The molecule has 3 heteroatoms. The second-order valence-electron chi connectivity index (χ2n) is 5.77. The minimum atomic E-state index is -0.600. The van der Waals surface area contributed by atoms with Crippen molar-refractivity contribution < 1.29 is 9.50 Å². The molecule has 0 heterocycles. The number of rotatable bonds is 5. The first-order valence-electron chi connectivity index (χ1n) is 7.40. The zero-order chi connectivity index (χ0) is 14.8. The lowest BCUT2D eigenvalue weighted by atomic mass is 9.89. The molecule has 0 radical (unpaired) electrons. The first-order valence-corrected chi connectivity index (χ1v) is 7.40. The fourth-order valence-electron chi connectivity index (χ4n) is 3.20. The smallest absolute Gasteiger partial charge is 0.126 e. The third-order valence-corrected chi connectivity index (χ3v) is 4.48. The average molecular weight is 285 g/mol. The molecule has 3 N–H and O–H groups in total. The predicted octanol–water partition coefficient (Wildman–Crippen LogP) is 3.03. The van der Waals surface area contributed by atoms with Crippen LogP contribution in [0, 0.1) is 11.7 Å². The molecule has 0 aliphatic heterocycles. The van der Waals surface area contributed by atoms with Crippen LogP contribution in [0.15, 0.2) is 54.6 Å². The van der Waals surface area contributed by atoms with Crippen LogP contribution in [-0.4, -0.2) is 17.8 Å². The molecule has 2 aromatic carbocycles. The SMILES string of the molecule is NCC(c1ccccc1F)C(O)C1CC1c1ccccc1. The van der Waals surface area contributed by atoms with Crippen molar-refractivity contribution in [1.29, 1.82) is 0 Å². The van der Waals surface area contributed by atoms with Crippen LogP contribution in [0.5, 0.6) is 0 Å². The van der Waals surface area contributed by atoms with E-state index in [9.17, 15) is 9.50 Å². The van der Waals surface area contributed by atoms with Gasteiger partial charge in [-0.15, -0.1) is 0 Å². The molecule has 2 aromatic rings. The summed E-state index contributed by atoms with van der Waals surface area (Å²) in [6, 6.07) is 16.7. The summed E-state index contributed by atoms with van der Waals surface area (Å²) in [6.07, 6.45) is 0.341. The summed E-state index contributed by atoms with van der Waals surface area (Å²) in [5.74, 6) is -0.101. The Kier molecular flexibility index (Phi) is 4.04. The van der Waals surface area contributed by atoms with Gasteiger partial charge >= 0.3 is 0 Å². The van der Waals surface area contributed by atoms with Gasteiger partial charge in [0, 0.05) is 12.5 Å². The molecular formula is C18H20FNO. The Labute approximate surface area is 124 Å². The number of benzene rings is 2. The van der Waals surface area contributed by atoms with E-state index in [4.69, 9.17) is 5.73 Å². The third-order valence-electron chi connectivity index (χ3n) is 4.48. The van der Waals surface area contributed by atoms with E-state index in [-0.39, 0.29) is 24.2 Å². The van der Waals surface area contributed by atoms with Crippen LogP contribution in [-0.2, 0) is 0 Å². The second kappa shape index (κ2) is 5.96. The molecule has 0 saturated heterocycles. The lowest BCUT2D eigenvalue weighted by molar-refractivity contribution is 0.119. The summed E-state index contributed by atoms with van der Waals surface area (Å²) >= 11 is 0. The van der Waals surface area contributed by atoms with Crippen LogP contribution in [0.25, 0.3) is 0 Å². The van der Waals surface area contributed by atoms with Crippen molar-refractivity contribution in [2.24, 2.45) is 11.7 Å². The first kappa shape index (κ1) is 14.2. The van der Waals surface area contributed by atoms with Crippen molar-refractivity contribution in [3.63, 3.8) is 0 Å². The molecule has 4 unspecified atom stereocenters. The molecule has 3 rings (SSSR count). The Balaban J connectivity index is 1.76. The summed E-state index contributed by atoms with van der Waals surface area (Å²) in [6.45, 7) is 0.250. The highest BCUT2D eigenvalue weighted by Gasteiger charge is 2.46. The standard InChI is InChI=1S/C18H20FNO/c19-17-9-5-4-8-13(17)16(11-20)18(21)15-10-14(15)12-6-2-1-3-7-12/h1-9,14-16,18,21H,10-11,20H2. The van der Waals surface area contributed by atoms with Gasteiger partial charge in [-0.1, -0.05) is 48.5 Å². The highest BCUT2D eigenvalue weighted by Crippen LogP contribution is 2.52. The Bertz CT molecular complexity index is 601. The molecule has 1 fully saturated rings. The molecule has 0 aromatic heterocycles. The summed E-state index contributed by atoms with van der Waals surface area (Å²) in [7, 11) is 0. The zero-order valence-electron chi connectivity index (χ0n) is 11.8. The van der Waals surface area contributed by atoms with E-state index in [2.05, 4.69) is 12.1 Å². The molecule has 1 aliphatic rings. The number of nitrogens with two attached hydrogens (primary N) is 1. The third kappa shape index (κ3) is 2.85. The Morgan fingerprint density at radius 3 is 2.43 bits per heavy atom. The van der Waals surface area contributed by atoms with Crippen molar-refractivity contribution in [1.82, 2.24) is 0 Å². The summed E-state index contributed by atoms with van der Waals surface area (Å²) in [4.78, 5) is 0. The summed E-state index contributed by atoms with van der Waals surface area (Å²) in [5, 5.41) is 10.6. The van der Waals surface area contributed by atoms with Crippen LogP contribution in [0.2, 0.25) is 0 Å². The van der Waals surface area contributed by atoms with Crippen LogP contribution < -0.4 is 5.73 Å². The molecule has 2 nitrogen and oxygen atoms in total. The summed E-state index contributed by atoms with van der Waals surface area (Å²) < 4.78 is 13.9. The van der Waals surface area contributed by atoms with Crippen LogP contribution in [0.4, 0.5) is 4.39 Å². The number of hydrogen-bond acceptors (Lipinski definition) is 2.